The van der Waals surface area contributed by atoms with Crippen molar-refractivity contribution in [1.29, 1.82) is 0 Å². The Morgan fingerprint density at radius 2 is 2.05 bits per heavy atom. The Morgan fingerprint density at radius 1 is 1.36 bits per heavy atom. The fraction of sp³-hybridized carbons (Fsp3) is 0.400. The number of anilines is 1. The number of carbonyl (C=O) groups excluding carboxylic acids is 2. The number of carbonyl (C=O) groups is 3. The van der Waals surface area contributed by atoms with Gasteiger partial charge < -0.3 is 15.7 Å². The molecule has 2 unspecified atom stereocenters. The van der Waals surface area contributed by atoms with Gasteiger partial charge in [-0.25, -0.2) is 4.79 Å². The molecule has 0 aliphatic carbocycles. The molecule has 0 saturated carbocycles. The third-order valence-corrected chi connectivity index (χ3v) is 4.70. The van der Waals surface area contributed by atoms with Crippen LogP contribution in [0, 0.1) is 0 Å². The van der Waals surface area contributed by atoms with Crippen molar-refractivity contribution in [2.45, 2.75) is 31.1 Å². The number of nitrogens with one attached hydrogen (secondary N) is 2. The quantitative estimate of drug-likeness (QED) is 0.758. The van der Waals surface area contributed by atoms with E-state index in [1.54, 1.807) is 0 Å². The van der Waals surface area contributed by atoms with Crippen LogP contribution in [0.15, 0.2) is 24.3 Å². The van der Waals surface area contributed by atoms with Crippen molar-refractivity contribution in [2.24, 2.45) is 0 Å². The van der Waals surface area contributed by atoms with E-state index in [9.17, 15) is 14.4 Å². The van der Waals surface area contributed by atoms with E-state index in [0.29, 0.717) is 5.69 Å². The number of carboxylic acid groups (broad SMARTS) is 1. The number of carboxylic acids is 1. The molecule has 1 heterocycles. The van der Waals surface area contributed by atoms with Crippen LogP contribution in [0.3, 0.4) is 0 Å². The van der Waals surface area contributed by atoms with Gasteiger partial charge in [-0.05, 0) is 24.1 Å². The fourth-order valence-corrected chi connectivity index (χ4v) is 3.22. The molecule has 2 amide bonds. The van der Waals surface area contributed by atoms with Crippen LogP contribution in [0.4, 0.5) is 5.69 Å². The number of amides is 2. The van der Waals surface area contributed by atoms with Gasteiger partial charge in [-0.1, -0.05) is 19.1 Å². The summed E-state index contributed by atoms with van der Waals surface area (Å²) in [7, 11) is 0. The minimum absolute atomic E-state index is 0.0262. The number of aryl methyl sites for hydroxylation is 1. The van der Waals surface area contributed by atoms with Crippen molar-refractivity contribution in [1.82, 2.24) is 5.32 Å². The van der Waals surface area contributed by atoms with Crippen molar-refractivity contribution in [3.05, 3.63) is 29.8 Å². The molecule has 2 atom stereocenters. The Morgan fingerprint density at radius 3 is 2.59 bits per heavy atom. The molecule has 1 aromatic rings. The van der Waals surface area contributed by atoms with Crippen molar-refractivity contribution < 1.29 is 19.5 Å². The zero-order valence-electron chi connectivity index (χ0n) is 12.2. The lowest BCUT2D eigenvalue weighted by Gasteiger charge is -2.25. The molecular weight excluding hydrogens is 304 g/mol. The number of rotatable bonds is 5. The number of hydrogen-bond acceptors (Lipinski definition) is 4. The number of hydrogen-bond donors (Lipinski definition) is 3. The number of aliphatic carboxylic acids is 1. The van der Waals surface area contributed by atoms with Gasteiger partial charge in [-0.15, -0.1) is 11.8 Å². The Balaban J connectivity index is 1.86. The van der Waals surface area contributed by atoms with Gasteiger partial charge in [0, 0.05) is 17.9 Å². The van der Waals surface area contributed by atoms with Crippen LogP contribution in [-0.4, -0.2) is 39.9 Å². The predicted molar refractivity (Wildman–Crippen MR) is 84.9 cm³/mol. The Labute approximate surface area is 132 Å². The smallest absolute Gasteiger partial charge is 0.327 e. The van der Waals surface area contributed by atoms with E-state index < -0.39 is 23.2 Å². The van der Waals surface area contributed by atoms with Crippen molar-refractivity contribution >= 4 is 35.2 Å². The van der Waals surface area contributed by atoms with Gasteiger partial charge in [0.2, 0.25) is 11.8 Å². The van der Waals surface area contributed by atoms with Crippen LogP contribution < -0.4 is 10.6 Å². The third-order valence-electron chi connectivity index (χ3n) is 3.39. The Hall–Kier alpha value is -2.02. The van der Waals surface area contributed by atoms with Gasteiger partial charge in [0.1, 0.15) is 6.04 Å². The van der Waals surface area contributed by atoms with E-state index in [1.165, 1.54) is 17.3 Å². The Kier molecular flexibility index (Phi) is 5.43. The second-order valence-corrected chi connectivity index (χ2v) is 6.26. The molecule has 7 heteroatoms. The molecule has 1 aliphatic rings. The van der Waals surface area contributed by atoms with E-state index >= 15 is 0 Å². The van der Waals surface area contributed by atoms with Gasteiger partial charge in [0.15, 0.2) is 0 Å². The van der Waals surface area contributed by atoms with E-state index in [-0.39, 0.29) is 18.1 Å². The summed E-state index contributed by atoms with van der Waals surface area (Å²) in [5.74, 6) is -1.45. The first-order chi connectivity index (χ1) is 10.5. The number of benzene rings is 1. The highest BCUT2D eigenvalue weighted by Crippen LogP contribution is 2.22. The van der Waals surface area contributed by atoms with Crippen LogP contribution in [0.5, 0.6) is 0 Å². The van der Waals surface area contributed by atoms with Gasteiger partial charge in [0.05, 0.1) is 5.25 Å². The average Bonchev–Trinajstić information content (AvgIpc) is 2.50. The SMILES string of the molecule is CCc1ccc(NC(=O)CC2SCC(C(=O)O)NC2=O)cc1. The summed E-state index contributed by atoms with van der Waals surface area (Å²) in [5.41, 5.74) is 1.87. The molecule has 1 fully saturated rings. The lowest BCUT2D eigenvalue weighted by atomic mass is 10.1. The molecule has 1 saturated heterocycles. The molecule has 0 radical (unpaired) electrons. The van der Waals surface area contributed by atoms with Gasteiger partial charge >= 0.3 is 5.97 Å². The zero-order valence-corrected chi connectivity index (χ0v) is 13.0. The maximum Gasteiger partial charge on any atom is 0.327 e. The molecule has 1 aliphatic heterocycles. The highest BCUT2D eigenvalue weighted by Gasteiger charge is 2.33. The van der Waals surface area contributed by atoms with Crippen LogP contribution in [0.2, 0.25) is 0 Å². The summed E-state index contributed by atoms with van der Waals surface area (Å²) in [6, 6.07) is 6.65. The Bertz CT molecular complexity index is 573. The van der Waals surface area contributed by atoms with Crippen LogP contribution in [0.1, 0.15) is 18.9 Å². The second kappa shape index (κ2) is 7.31. The first kappa shape index (κ1) is 16.4. The molecule has 0 spiro atoms. The lowest BCUT2D eigenvalue weighted by Crippen LogP contribution is -2.51. The van der Waals surface area contributed by atoms with Crippen LogP contribution >= 0.6 is 11.8 Å². The molecule has 118 valence electrons. The fourth-order valence-electron chi connectivity index (χ4n) is 2.08. The predicted octanol–water partition coefficient (Wildman–Crippen LogP) is 1.26. The molecule has 22 heavy (non-hydrogen) atoms. The van der Waals surface area contributed by atoms with Crippen LogP contribution in [-0.2, 0) is 20.8 Å². The van der Waals surface area contributed by atoms with Crippen molar-refractivity contribution in [2.75, 3.05) is 11.1 Å². The van der Waals surface area contributed by atoms with E-state index in [0.717, 1.165) is 6.42 Å². The zero-order chi connectivity index (χ0) is 16.1. The second-order valence-electron chi connectivity index (χ2n) is 5.02. The standard InChI is InChI=1S/C15H18N2O4S/c1-2-9-3-5-10(6-4-9)16-13(18)7-12-14(19)17-11(8-22-12)15(20)21/h3-6,11-12H,2,7-8H2,1H3,(H,16,18)(H,17,19)(H,20,21). The van der Waals surface area contributed by atoms with Gasteiger partial charge in [0.25, 0.3) is 0 Å². The minimum Gasteiger partial charge on any atom is -0.480 e. The molecule has 1 aromatic carbocycles. The summed E-state index contributed by atoms with van der Waals surface area (Å²) >= 11 is 1.20. The first-order valence-electron chi connectivity index (χ1n) is 7.03. The van der Waals surface area contributed by atoms with Crippen LogP contribution in [0.25, 0.3) is 0 Å². The highest BCUT2D eigenvalue weighted by molar-refractivity contribution is 8.00. The third kappa shape index (κ3) is 4.24. The maximum atomic E-state index is 12.0. The van der Waals surface area contributed by atoms with Crippen molar-refractivity contribution in [3.63, 3.8) is 0 Å². The first-order valence-corrected chi connectivity index (χ1v) is 8.08. The van der Waals surface area contributed by atoms with E-state index in [2.05, 4.69) is 17.6 Å². The normalized spacial score (nSPS) is 21.0. The van der Waals surface area contributed by atoms with Crippen molar-refractivity contribution in [3.8, 4) is 0 Å². The molecular formula is C15H18N2O4S. The number of thioether (sulfide) groups is 1. The summed E-state index contributed by atoms with van der Waals surface area (Å²) in [4.78, 5) is 34.6. The largest absolute Gasteiger partial charge is 0.480 e. The van der Waals surface area contributed by atoms with E-state index in [4.69, 9.17) is 5.11 Å². The molecule has 0 aromatic heterocycles. The van der Waals surface area contributed by atoms with E-state index in [1.807, 2.05) is 24.3 Å². The summed E-state index contributed by atoms with van der Waals surface area (Å²) < 4.78 is 0. The molecule has 2 rings (SSSR count). The lowest BCUT2D eigenvalue weighted by molar-refractivity contribution is -0.141. The van der Waals surface area contributed by atoms with Gasteiger partial charge in [-0.2, -0.15) is 0 Å². The molecule has 0 bridgehead atoms. The van der Waals surface area contributed by atoms with Gasteiger partial charge in [-0.3, -0.25) is 9.59 Å². The maximum absolute atomic E-state index is 12.0. The summed E-state index contributed by atoms with van der Waals surface area (Å²) in [6.07, 6.45) is 0.955. The summed E-state index contributed by atoms with van der Waals surface area (Å²) in [5, 5.41) is 13.5. The monoisotopic (exact) mass is 322 g/mol. The minimum atomic E-state index is -1.06. The molecule has 6 nitrogen and oxygen atoms in total. The topological polar surface area (TPSA) is 95.5 Å². The molecule has 3 N–H and O–H groups in total. The highest BCUT2D eigenvalue weighted by atomic mass is 32.2. The average molecular weight is 322 g/mol. The summed E-state index contributed by atoms with van der Waals surface area (Å²) in [6.45, 7) is 2.05.